The normalized spacial score (nSPS) is 21.1. The van der Waals surface area contributed by atoms with E-state index in [0.717, 1.165) is 37.3 Å². The number of nitrogens with zero attached hydrogens (tertiary/aromatic N) is 3. The number of hydrogen-bond acceptors (Lipinski definition) is 6. The number of nitrogens with one attached hydrogen (secondary N) is 1. The van der Waals surface area contributed by atoms with Crippen molar-refractivity contribution >= 4 is 11.6 Å². The molecule has 1 fully saturated rings. The fourth-order valence-electron chi connectivity index (χ4n) is 2.50. The van der Waals surface area contributed by atoms with Crippen molar-refractivity contribution in [1.82, 2.24) is 9.97 Å². The molecule has 0 bridgehead atoms. The summed E-state index contributed by atoms with van der Waals surface area (Å²) in [7, 11) is 0. The SMILES string of the molecule is CCc1c(NN)ncnc1N1CCC(C(C)O)C1. The van der Waals surface area contributed by atoms with E-state index in [1.807, 2.05) is 6.92 Å². The van der Waals surface area contributed by atoms with Gasteiger partial charge >= 0.3 is 0 Å². The topological polar surface area (TPSA) is 87.3 Å². The van der Waals surface area contributed by atoms with Gasteiger partial charge in [-0.25, -0.2) is 15.8 Å². The number of aliphatic hydroxyl groups excluding tert-OH is 1. The molecule has 1 aliphatic heterocycles. The third-order valence-electron chi connectivity index (χ3n) is 3.62. The molecule has 1 saturated heterocycles. The summed E-state index contributed by atoms with van der Waals surface area (Å²) in [6.07, 6.45) is 3.08. The molecule has 2 heterocycles. The number of nitrogens with two attached hydrogens (primary N) is 1. The Bertz CT molecular complexity index is 409. The minimum atomic E-state index is -0.269. The number of aromatic nitrogens is 2. The Morgan fingerprint density at radius 1 is 1.61 bits per heavy atom. The molecular weight excluding hydrogens is 230 g/mol. The molecule has 1 aromatic rings. The predicted molar refractivity (Wildman–Crippen MR) is 71.2 cm³/mol. The first kappa shape index (κ1) is 13.0. The van der Waals surface area contributed by atoms with Gasteiger partial charge in [0.15, 0.2) is 0 Å². The maximum absolute atomic E-state index is 9.65. The molecule has 1 aromatic heterocycles. The molecule has 0 saturated carbocycles. The van der Waals surface area contributed by atoms with Crippen molar-refractivity contribution in [1.29, 1.82) is 0 Å². The average Bonchev–Trinajstić information content (AvgIpc) is 2.87. The lowest BCUT2D eigenvalue weighted by Crippen LogP contribution is -2.26. The van der Waals surface area contributed by atoms with E-state index in [9.17, 15) is 5.11 Å². The zero-order valence-electron chi connectivity index (χ0n) is 10.9. The van der Waals surface area contributed by atoms with Crippen LogP contribution in [-0.4, -0.2) is 34.3 Å². The molecule has 0 radical (unpaired) electrons. The highest BCUT2D eigenvalue weighted by Gasteiger charge is 2.28. The standard InChI is InChI=1S/C12H21N5O/c1-3-10-11(16-13)14-7-15-12(10)17-5-4-9(6-17)8(2)18/h7-9,18H,3-6,13H2,1-2H3,(H,14,15,16). The third-order valence-corrected chi connectivity index (χ3v) is 3.62. The number of nitrogen functional groups attached to an aromatic ring is 1. The lowest BCUT2D eigenvalue weighted by molar-refractivity contribution is 0.136. The molecule has 4 N–H and O–H groups in total. The van der Waals surface area contributed by atoms with Crippen LogP contribution in [0.1, 0.15) is 25.8 Å². The predicted octanol–water partition coefficient (Wildman–Crippen LogP) is 0.532. The molecule has 2 atom stereocenters. The molecule has 0 spiro atoms. The molecule has 2 unspecified atom stereocenters. The number of anilines is 2. The van der Waals surface area contributed by atoms with Crippen LogP contribution in [0.15, 0.2) is 6.33 Å². The molecule has 2 rings (SSSR count). The van der Waals surface area contributed by atoms with E-state index in [2.05, 4.69) is 27.2 Å². The van der Waals surface area contributed by atoms with Gasteiger partial charge in [0.25, 0.3) is 0 Å². The Morgan fingerprint density at radius 2 is 2.39 bits per heavy atom. The fraction of sp³-hybridized carbons (Fsp3) is 0.667. The summed E-state index contributed by atoms with van der Waals surface area (Å²) in [4.78, 5) is 10.7. The van der Waals surface area contributed by atoms with Crippen molar-refractivity contribution < 1.29 is 5.11 Å². The summed E-state index contributed by atoms with van der Waals surface area (Å²) >= 11 is 0. The lowest BCUT2D eigenvalue weighted by Gasteiger charge is -2.22. The summed E-state index contributed by atoms with van der Waals surface area (Å²) in [6, 6.07) is 0. The average molecular weight is 251 g/mol. The lowest BCUT2D eigenvalue weighted by atomic mass is 10.0. The largest absolute Gasteiger partial charge is 0.393 e. The number of rotatable bonds is 4. The van der Waals surface area contributed by atoms with Crippen LogP contribution in [0.3, 0.4) is 0 Å². The molecular formula is C12H21N5O. The van der Waals surface area contributed by atoms with Gasteiger partial charge in [-0.1, -0.05) is 6.92 Å². The summed E-state index contributed by atoms with van der Waals surface area (Å²) in [5.74, 6) is 7.41. The summed E-state index contributed by atoms with van der Waals surface area (Å²) in [5.41, 5.74) is 3.65. The molecule has 0 amide bonds. The highest BCUT2D eigenvalue weighted by Crippen LogP contribution is 2.29. The van der Waals surface area contributed by atoms with E-state index in [4.69, 9.17) is 5.84 Å². The van der Waals surface area contributed by atoms with E-state index in [0.29, 0.717) is 11.7 Å². The minimum Gasteiger partial charge on any atom is -0.393 e. The third kappa shape index (κ3) is 2.39. The van der Waals surface area contributed by atoms with E-state index >= 15 is 0 Å². The Balaban J connectivity index is 2.24. The number of hydrogen-bond donors (Lipinski definition) is 3. The maximum Gasteiger partial charge on any atom is 0.148 e. The molecule has 6 heteroatoms. The number of hydrazine groups is 1. The molecule has 18 heavy (non-hydrogen) atoms. The zero-order chi connectivity index (χ0) is 13.1. The molecule has 100 valence electrons. The van der Waals surface area contributed by atoms with Gasteiger partial charge < -0.3 is 15.4 Å². The van der Waals surface area contributed by atoms with E-state index in [-0.39, 0.29) is 6.10 Å². The highest BCUT2D eigenvalue weighted by atomic mass is 16.3. The number of aliphatic hydroxyl groups is 1. The molecule has 0 aliphatic carbocycles. The van der Waals surface area contributed by atoms with Gasteiger partial charge in [0.2, 0.25) is 0 Å². The maximum atomic E-state index is 9.65. The van der Waals surface area contributed by atoms with Crippen molar-refractivity contribution in [2.24, 2.45) is 11.8 Å². The molecule has 1 aliphatic rings. The first-order valence-electron chi connectivity index (χ1n) is 6.40. The van der Waals surface area contributed by atoms with Crippen LogP contribution in [0.5, 0.6) is 0 Å². The summed E-state index contributed by atoms with van der Waals surface area (Å²) in [5, 5.41) is 9.65. The van der Waals surface area contributed by atoms with Crippen molar-refractivity contribution in [3.8, 4) is 0 Å². The fourth-order valence-corrected chi connectivity index (χ4v) is 2.50. The monoisotopic (exact) mass is 251 g/mol. The van der Waals surface area contributed by atoms with Crippen molar-refractivity contribution in [2.45, 2.75) is 32.8 Å². The minimum absolute atomic E-state index is 0.269. The van der Waals surface area contributed by atoms with E-state index in [1.54, 1.807) is 0 Å². The zero-order valence-corrected chi connectivity index (χ0v) is 10.9. The van der Waals surface area contributed by atoms with Gasteiger partial charge in [-0.3, -0.25) is 0 Å². The van der Waals surface area contributed by atoms with Crippen LogP contribution < -0.4 is 16.2 Å². The Kier molecular flexibility index (Phi) is 3.98. The first-order chi connectivity index (χ1) is 8.67. The second-order valence-corrected chi connectivity index (χ2v) is 4.76. The van der Waals surface area contributed by atoms with E-state index in [1.165, 1.54) is 6.33 Å². The van der Waals surface area contributed by atoms with Crippen molar-refractivity contribution in [3.63, 3.8) is 0 Å². The quantitative estimate of drug-likeness (QED) is 0.534. The Labute approximate surface area is 107 Å². The summed E-state index contributed by atoms with van der Waals surface area (Å²) < 4.78 is 0. The van der Waals surface area contributed by atoms with Gasteiger partial charge in [-0.2, -0.15) is 0 Å². The Hall–Kier alpha value is -1.40. The van der Waals surface area contributed by atoms with Gasteiger partial charge in [-0.15, -0.1) is 0 Å². The van der Waals surface area contributed by atoms with Crippen LogP contribution in [-0.2, 0) is 6.42 Å². The summed E-state index contributed by atoms with van der Waals surface area (Å²) in [6.45, 7) is 5.67. The molecule has 6 nitrogen and oxygen atoms in total. The van der Waals surface area contributed by atoms with Crippen molar-refractivity contribution in [2.75, 3.05) is 23.4 Å². The van der Waals surface area contributed by atoms with Crippen LogP contribution in [0, 0.1) is 5.92 Å². The van der Waals surface area contributed by atoms with Crippen molar-refractivity contribution in [3.05, 3.63) is 11.9 Å². The Morgan fingerprint density at radius 3 is 2.94 bits per heavy atom. The smallest absolute Gasteiger partial charge is 0.148 e. The second kappa shape index (κ2) is 5.49. The highest BCUT2D eigenvalue weighted by molar-refractivity contribution is 5.58. The van der Waals surface area contributed by atoms with Crippen LogP contribution in [0.25, 0.3) is 0 Å². The molecule has 0 aromatic carbocycles. The first-order valence-corrected chi connectivity index (χ1v) is 6.40. The van der Waals surface area contributed by atoms with E-state index < -0.39 is 0 Å². The second-order valence-electron chi connectivity index (χ2n) is 4.76. The van der Waals surface area contributed by atoms with Gasteiger partial charge in [0.05, 0.1) is 6.10 Å². The van der Waals surface area contributed by atoms with Gasteiger partial charge in [-0.05, 0) is 19.8 Å². The van der Waals surface area contributed by atoms with Gasteiger partial charge in [0, 0.05) is 24.6 Å². The van der Waals surface area contributed by atoms with Crippen LogP contribution >= 0.6 is 0 Å². The van der Waals surface area contributed by atoms with Crippen LogP contribution in [0.2, 0.25) is 0 Å². The van der Waals surface area contributed by atoms with Crippen LogP contribution in [0.4, 0.5) is 11.6 Å². The van der Waals surface area contributed by atoms with Gasteiger partial charge in [0.1, 0.15) is 18.0 Å².